The van der Waals surface area contributed by atoms with Crippen LogP contribution >= 0.6 is 7.37 Å². The Hall–Kier alpha value is -0.340. The Kier molecular flexibility index (Phi) is 10.6. The van der Waals surface area contributed by atoms with Gasteiger partial charge >= 0.3 is 0 Å². The molecule has 1 atom stereocenters. The minimum atomic E-state index is -2.79. The summed E-state index contributed by atoms with van der Waals surface area (Å²) in [5.41, 5.74) is 0. The van der Waals surface area contributed by atoms with E-state index in [-0.39, 0.29) is 0 Å². The van der Waals surface area contributed by atoms with E-state index in [0.29, 0.717) is 19.2 Å². The van der Waals surface area contributed by atoms with Crippen LogP contribution in [-0.2, 0) is 14.1 Å². The summed E-state index contributed by atoms with van der Waals surface area (Å²) in [6, 6.07) is 0. The van der Waals surface area contributed by atoms with Gasteiger partial charge in [-0.05, 0) is 12.8 Å². The van der Waals surface area contributed by atoms with Gasteiger partial charge in [-0.15, -0.1) is 0 Å². The number of carbonyl (C=O) groups is 1. The van der Waals surface area contributed by atoms with E-state index in [1.807, 2.05) is 0 Å². The van der Waals surface area contributed by atoms with E-state index in [9.17, 15) is 9.36 Å². The average Bonchev–Trinajstić information content (AvgIpc) is 2.24. The smallest absolute Gasteiger partial charge is 0.293 e. The average molecular weight is 264 g/mol. The number of unbranched alkanes of at least 4 members (excludes halogenated alkanes) is 7. The fourth-order valence-corrected chi connectivity index (χ4v) is 2.51. The van der Waals surface area contributed by atoms with Crippen LogP contribution in [-0.4, -0.2) is 30.8 Å². The molecule has 17 heavy (non-hydrogen) atoms. The molecule has 0 aliphatic rings. The molecule has 0 fully saturated rings. The molecule has 0 aromatic carbocycles. The minimum absolute atomic E-state index is 0.454. The summed E-state index contributed by atoms with van der Waals surface area (Å²) in [7, 11) is -2.79. The van der Waals surface area contributed by atoms with E-state index in [2.05, 4.69) is 4.74 Å². The molecular formula is C12H25O4P. The molecule has 102 valence electrons. The van der Waals surface area contributed by atoms with Crippen LogP contribution in [0.2, 0.25) is 0 Å². The van der Waals surface area contributed by atoms with Crippen LogP contribution in [0.3, 0.4) is 0 Å². The van der Waals surface area contributed by atoms with Crippen LogP contribution in [0, 0.1) is 0 Å². The van der Waals surface area contributed by atoms with Gasteiger partial charge in [-0.3, -0.25) is 9.36 Å². The van der Waals surface area contributed by atoms with Gasteiger partial charge in [-0.2, -0.15) is 0 Å². The highest BCUT2D eigenvalue weighted by Gasteiger charge is 2.07. The maximum atomic E-state index is 11.0. The Balaban J connectivity index is 3.04. The van der Waals surface area contributed by atoms with Crippen molar-refractivity contribution in [3.8, 4) is 0 Å². The maximum Gasteiger partial charge on any atom is 0.293 e. The first kappa shape index (κ1) is 16.7. The summed E-state index contributed by atoms with van der Waals surface area (Å²) < 4.78 is 15.6. The van der Waals surface area contributed by atoms with Crippen molar-refractivity contribution in [2.24, 2.45) is 0 Å². The van der Waals surface area contributed by atoms with Gasteiger partial charge in [0.1, 0.15) is 0 Å². The second-order valence-electron chi connectivity index (χ2n) is 4.57. The van der Waals surface area contributed by atoms with E-state index >= 15 is 0 Å². The fourth-order valence-electron chi connectivity index (χ4n) is 1.70. The predicted molar refractivity (Wildman–Crippen MR) is 69.6 cm³/mol. The molecule has 0 rings (SSSR count). The first-order valence-electron chi connectivity index (χ1n) is 6.41. The summed E-state index contributed by atoms with van der Waals surface area (Å²) in [6.45, 7) is 2.45. The highest BCUT2D eigenvalue weighted by Crippen LogP contribution is 2.36. The normalized spacial score (nSPS) is 14.2. The number of carbonyl (C=O) groups excluding carboxylic acids is 1. The molecular weight excluding hydrogens is 239 g/mol. The zero-order valence-corrected chi connectivity index (χ0v) is 11.7. The molecule has 4 nitrogen and oxygen atoms in total. The number of hydrogen-bond donors (Lipinski definition) is 1. The van der Waals surface area contributed by atoms with Crippen LogP contribution < -0.4 is 0 Å². The van der Waals surface area contributed by atoms with Gasteiger partial charge < -0.3 is 9.63 Å². The van der Waals surface area contributed by atoms with Crippen LogP contribution in [0.1, 0.15) is 51.4 Å². The highest BCUT2D eigenvalue weighted by atomic mass is 31.2. The Morgan fingerprint density at radius 1 is 1.00 bits per heavy atom. The summed E-state index contributed by atoms with van der Waals surface area (Å²) in [4.78, 5) is 18.9. The molecule has 0 aromatic heterocycles. The summed E-state index contributed by atoms with van der Waals surface area (Å²) >= 11 is 0. The molecule has 5 heteroatoms. The van der Waals surface area contributed by atoms with Crippen molar-refractivity contribution in [2.75, 3.05) is 19.4 Å². The number of ether oxygens (including phenoxy) is 1. The molecule has 0 aromatic rings. The molecule has 1 N–H and O–H groups in total. The largest absolute Gasteiger partial charge is 0.468 e. The SMILES string of the molecule is CP(=O)(O)CCCCCCCCCCOC=O. The van der Waals surface area contributed by atoms with Gasteiger partial charge in [0.15, 0.2) is 7.37 Å². The summed E-state index contributed by atoms with van der Waals surface area (Å²) in [5.74, 6) is 0. The van der Waals surface area contributed by atoms with Crippen molar-refractivity contribution in [2.45, 2.75) is 51.4 Å². The lowest BCUT2D eigenvalue weighted by Gasteiger charge is -2.04. The molecule has 0 saturated heterocycles. The lowest BCUT2D eigenvalue weighted by Crippen LogP contribution is -1.91. The van der Waals surface area contributed by atoms with Crippen LogP contribution in [0.25, 0.3) is 0 Å². The topological polar surface area (TPSA) is 63.6 Å². The standard InChI is InChI=1S/C12H25O4P/c1-17(14,15)11-9-7-5-3-2-4-6-8-10-16-12-13/h12H,2-11H2,1H3,(H,14,15). The fraction of sp³-hybridized carbons (Fsp3) is 0.917. The van der Waals surface area contributed by atoms with Gasteiger partial charge in [0, 0.05) is 12.8 Å². The van der Waals surface area contributed by atoms with Crippen molar-refractivity contribution in [1.29, 1.82) is 0 Å². The first-order valence-corrected chi connectivity index (χ1v) is 8.70. The Morgan fingerprint density at radius 3 is 1.94 bits per heavy atom. The Bertz CT molecular complexity index is 225. The van der Waals surface area contributed by atoms with Gasteiger partial charge in [-0.1, -0.05) is 38.5 Å². The highest BCUT2D eigenvalue weighted by molar-refractivity contribution is 7.57. The van der Waals surface area contributed by atoms with Crippen LogP contribution in [0.15, 0.2) is 0 Å². The Morgan fingerprint density at radius 2 is 1.47 bits per heavy atom. The second kappa shape index (κ2) is 10.8. The molecule has 0 bridgehead atoms. The van der Waals surface area contributed by atoms with Crippen LogP contribution in [0.4, 0.5) is 0 Å². The van der Waals surface area contributed by atoms with Gasteiger partial charge in [0.05, 0.1) is 6.61 Å². The molecule has 1 unspecified atom stereocenters. The zero-order chi connectivity index (χ0) is 13.0. The van der Waals surface area contributed by atoms with E-state index in [1.165, 1.54) is 25.9 Å². The molecule has 0 saturated carbocycles. The molecule has 0 aliphatic carbocycles. The zero-order valence-electron chi connectivity index (χ0n) is 10.8. The van der Waals surface area contributed by atoms with Crippen molar-refractivity contribution in [3.05, 3.63) is 0 Å². The lowest BCUT2D eigenvalue weighted by atomic mass is 10.1. The summed E-state index contributed by atoms with van der Waals surface area (Å²) in [6.07, 6.45) is 9.12. The van der Waals surface area contributed by atoms with Crippen molar-refractivity contribution < 1.29 is 19.0 Å². The van der Waals surface area contributed by atoms with Crippen molar-refractivity contribution >= 4 is 13.8 Å². The third kappa shape index (κ3) is 15.7. The second-order valence-corrected chi connectivity index (χ2v) is 7.12. The quantitative estimate of drug-likeness (QED) is 0.334. The molecule has 0 heterocycles. The third-order valence-corrected chi connectivity index (χ3v) is 3.80. The van der Waals surface area contributed by atoms with Crippen molar-refractivity contribution in [3.63, 3.8) is 0 Å². The Labute approximate surface area is 104 Å². The van der Waals surface area contributed by atoms with Gasteiger partial charge in [0.25, 0.3) is 6.47 Å². The van der Waals surface area contributed by atoms with E-state index < -0.39 is 7.37 Å². The van der Waals surface area contributed by atoms with Gasteiger partial charge in [-0.25, -0.2) is 0 Å². The number of rotatable bonds is 12. The number of hydrogen-bond acceptors (Lipinski definition) is 3. The predicted octanol–water partition coefficient (Wildman–Crippen LogP) is 3.18. The van der Waals surface area contributed by atoms with E-state index in [4.69, 9.17) is 4.89 Å². The van der Waals surface area contributed by atoms with E-state index in [1.54, 1.807) is 0 Å². The molecule has 0 aliphatic heterocycles. The maximum absolute atomic E-state index is 11.0. The van der Waals surface area contributed by atoms with Gasteiger partial charge in [0.2, 0.25) is 0 Å². The minimum Gasteiger partial charge on any atom is -0.468 e. The lowest BCUT2D eigenvalue weighted by molar-refractivity contribution is -0.128. The third-order valence-electron chi connectivity index (χ3n) is 2.65. The molecule has 0 spiro atoms. The molecule has 0 radical (unpaired) electrons. The monoisotopic (exact) mass is 264 g/mol. The van der Waals surface area contributed by atoms with Crippen LogP contribution in [0.5, 0.6) is 0 Å². The summed E-state index contributed by atoms with van der Waals surface area (Å²) in [5, 5.41) is 0. The molecule has 0 amide bonds. The van der Waals surface area contributed by atoms with E-state index in [0.717, 1.165) is 32.1 Å². The van der Waals surface area contributed by atoms with Crippen molar-refractivity contribution in [1.82, 2.24) is 0 Å². The first-order chi connectivity index (χ1) is 8.06.